The molecular weight excluding hydrogens is 314 g/mol. The summed E-state index contributed by atoms with van der Waals surface area (Å²) in [4.78, 5) is 23.5. The van der Waals surface area contributed by atoms with Gasteiger partial charge >= 0.3 is 11.8 Å². The normalized spacial score (nSPS) is 10.6. The van der Waals surface area contributed by atoms with E-state index in [-0.39, 0.29) is 0 Å². The molecular formula is C17H16ClN3O2. The number of hydrogen-bond donors (Lipinski definition) is 2. The molecule has 0 spiro atoms. The molecule has 6 heteroatoms. The van der Waals surface area contributed by atoms with Gasteiger partial charge in [0.15, 0.2) is 0 Å². The smallest absolute Gasteiger partial charge is 0.318 e. The zero-order valence-electron chi connectivity index (χ0n) is 12.8. The lowest BCUT2D eigenvalue weighted by Gasteiger charge is -2.06. The second-order valence-corrected chi connectivity index (χ2v) is 5.44. The Kier molecular flexibility index (Phi) is 5.49. The van der Waals surface area contributed by atoms with Crippen LogP contribution in [0.25, 0.3) is 0 Å². The van der Waals surface area contributed by atoms with Crippen LogP contribution in [-0.4, -0.2) is 18.0 Å². The molecule has 2 N–H and O–H groups in total. The molecule has 0 atom stereocenters. The summed E-state index contributed by atoms with van der Waals surface area (Å²) in [6.07, 6.45) is 1.43. The van der Waals surface area contributed by atoms with E-state index in [1.54, 1.807) is 36.4 Å². The number of carbonyl (C=O) groups excluding carboxylic acids is 2. The molecule has 2 amide bonds. The highest BCUT2D eigenvalue weighted by molar-refractivity contribution is 6.39. The van der Waals surface area contributed by atoms with Crippen molar-refractivity contribution in [3.63, 3.8) is 0 Å². The van der Waals surface area contributed by atoms with Crippen LogP contribution in [0.4, 0.5) is 5.69 Å². The minimum absolute atomic E-state index is 0.565. The van der Waals surface area contributed by atoms with Gasteiger partial charge in [-0.15, -0.1) is 0 Å². The number of nitrogens with zero attached hydrogens (tertiary/aromatic N) is 1. The Morgan fingerprint density at radius 1 is 1.00 bits per heavy atom. The number of rotatable bonds is 3. The minimum atomic E-state index is -0.839. The third-order valence-electron chi connectivity index (χ3n) is 3.22. The number of carbonyl (C=O) groups is 2. The lowest BCUT2D eigenvalue weighted by molar-refractivity contribution is -0.136. The molecule has 2 aromatic rings. The van der Waals surface area contributed by atoms with Crippen molar-refractivity contribution in [2.24, 2.45) is 5.10 Å². The van der Waals surface area contributed by atoms with Gasteiger partial charge in [0.25, 0.3) is 0 Å². The molecule has 0 bridgehead atoms. The average molecular weight is 330 g/mol. The molecule has 0 saturated heterocycles. The van der Waals surface area contributed by atoms with E-state index in [1.165, 1.54) is 6.21 Å². The van der Waals surface area contributed by atoms with E-state index in [9.17, 15) is 9.59 Å². The molecule has 0 aliphatic carbocycles. The first kappa shape index (κ1) is 16.7. The first-order valence-corrected chi connectivity index (χ1v) is 7.31. The van der Waals surface area contributed by atoms with Gasteiger partial charge in [0.1, 0.15) is 0 Å². The van der Waals surface area contributed by atoms with Crippen LogP contribution in [0.5, 0.6) is 0 Å². The molecule has 2 rings (SSSR count). The van der Waals surface area contributed by atoms with E-state index in [2.05, 4.69) is 15.8 Å². The molecule has 23 heavy (non-hydrogen) atoms. The number of hydrazone groups is 1. The predicted octanol–water partition coefficient (Wildman–Crippen LogP) is 3.05. The summed E-state index contributed by atoms with van der Waals surface area (Å²) in [5.41, 5.74) is 5.64. The van der Waals surface area contributed by atoms with Crippen molar-refractivity contribution in [2.75, 3.05) is 5.32 Å². The van der Waals surface area contributed by atoms with Crippen molar-refractivity contribution in [3.05, 3.63) is 64.2 Å². The van der Waals surface area contributed by atoms with E-state index in [4.69, 9.17) is 11.6 Å². The number of halogens is 1. The Labute approximate surface area is 139 Å². The fraction of sp³-hybridized carbons (Fsp3) is 0.118. The second kappa shape index (κ2) is 7.56. The zero-order valence-corrected chi connectivity index (χ0v) is 13.5. The first-order valence-electron chi connectivity index (χ1n) is 6.93. The SMILES string of the molecule is Cc1ccc(NC(=O)C(=O)N/N=C/c2ccc(Cl)cc2)cc1C. The summed E-state index contributed by atoms with van der Waals surface area (Å²) >= 11 is 5.77. The highest BCUT2D eigenvalue weighted by atomic mass is 35.5. The Hall–Kier alpha value is -2.66. The molecule has 0 aliphatic heterocycles. The fourth-order valence-corrected chi connectivity index (χ4v) is 1.90. The summed E-state index contributed by atoms with van der Waals surface area (Å²) in [5, 5.41) is 6.87. The molecule has 0 radical (unpaired) electrons. The molecule has 0 fully saturated rings. The molecule has 0 aromatic heterocycles. The monoisotopic (exact) mass is 329 g/mol. The van der Waals surface area contributed by atoms with Gasteiger partial charge in [0.05, 0.1) is 6.21 Å². The number of amides is 2. The van der Waals surface area contributed by atoms with Crippen LogP contribution in [0.3, 0.4) is 0 Å². The fourth-order valence-electron chi connectivity index (χ4n) is 1.77. The van der Waals surface area contributed by atoms with E-state index in [0.29, 0.717) is 10.7 Å². The molecule has 0 aliphatic rings. The lowest BCUT2D eigenvalue weighted by atomic mass is 10.1. The van der Waals surface area contributed by atoms with Crippen molar-refractivity contribution in [2.45, 2.75) is 13.8 Å². The van der Waals surface area contributed by atoms with Gasteiger partial charge in [-0.25, -0.2) is 5.43 Å². The maximum atomic E-state index is 11.8. The standard InChI is InChI=1S/C17H16ClN3O2/c1-11-3-8-15(9-12(11)2)20-16(22)17(23)21-19-10-13-4-6-14(18)7-5-13/h3-10H,1-2H3,(H,20,22)(H,21,23)/b19-10+. The Morgan fingerprint density at radius 2 is 1.70 bits per heavy atom. The van der Waals surface area contributed by atoms with Crippen LogP contribution in [0, 0.1) is 13.8 Å². The van der Waals surface area contributed by atoms with Gasteiger partial charge < -0.3 is 5.32 Å². The number of anilines is 1. The number of benzene rings is 2. The van der Waals surface area contributed by atoms with Crippen molar-refractivity contribution < 1.29 is 9.59 Å². The summed E-state index contributed by atoms with van der Waals surface area (Å²) in [5.74, 6) is -1.62. The van der Waals surface area contributed by atoms with Crippen molar-refractivity contribution in [1.29, 1.82) is 0 Å². The highest BCUT2D eigenvalue weighted by Gasteiger charge is 2.12. The average Bonchev–Trinajstić information content (AvgIpc) is 2.52. The first-order chi connectivity index (χ1) is 11.0. The van der Waals surface area contributed by atoms with Crippen LogP contribution in [0.2, 0.25) is 5.02 Å². The van der Waals surface area contributed by atoms with E-state index < -0.39 is 11.8 Å². The molecule has 2 aromatic carbocycles. The summed E-state index contributed by atoms with van der Waals surface area (Å²) in [6, 6.07) is 12.3. The summed E-state index contributed by atoms with van der Waals surface area (Å²) in [7, 11) is 0. The topological polar surface area (TPSA) is 70.6 Å². The molecule has 0 heterocycles. The van der Waals surface area contributed by atoms with E-state index >= 15 is 0 Å². The van der Waals surface area contributed by atoms with Gasteiger partial charge in [-0.1, -0.05) is 29.8 Å². The van der Waals surface area contributed by atoms with Crippen molar-refractivity contribution >= 4 is 35.3 Å². The maximum Gasteiger partial charge on any atom is 0.329 e. The van der Waals surface area contributed by atoms with Crippen molar-refractivity contribution in [1.82, 2.24) is 5.43 Å². The van der Waals surface area contributed by atoms with E-state index in [0.717, 1.165) is 16.7 Å². The van der Waals surface area contributed by atoms with Gasteiger partial charge in [-0.2, -0.15) is 5.10 Å². The largest absolute Gasteiger partial charge is 0.329 e. The minimum Gasteiger partial charge on any atom is -0.318 e. The molecule has 0 unspecified atom stereocenters. The van der Waals surface area contributed by atoms with Gasteiger partial charge in [-0.3, -0.25) is 9.59 Å². The predicted molar refractivity (Wildman–Crippen MR) is 91.7 cm³/mol. The number of hydrogen-bond acceptors (Lipinski definition) is 3. The van der Waals surface area contributed by atoms with Gasteiger partial charge in [-0.05, 0) is 54.8 Å². The van der Waals surface area contributed by atoms with Crippen LogP contribution in [0.15, 0.2) is 47.6 Å². The summed E-state index contributed by atoms with van der Waals surface area (Å²) in [6.45, 7) is 3.90. The molecule has 5 nitrogen and oxygen atoms in total. The highest BCUT2D eigenvalue weighted by Crippen LogP contribution is 2.13. The summed E-state index contributed by atoms with van der Waals surface area (Å²) < 4.78 is 0. The van der Waals surface area contributed by atoms with Crippen LogP contribution < -0.4 is 10.7 Å². The van der Waals surface area contributed by atoms with Crippen LogP contribution in [0.1, 0.15) is 16.7 Å². The van der Waals surface area contributed by atoms with Gasteiger partial charge in [0, 0.05) is 10.7 Å². The van der Waals surface area contributed by atoms with Crippen LogP contribution >= 0.6 is 11.6 Å². The van der Waals surface area contributed by atoms with Crippen LogP contribution in [-0.2, 0) is 9.59 Å². The molecule has 0 saturated carbocycles. The number of aryl methyl sites for hydroxylation is 2. The third kappa shape index (κ3) is 4.93. The lowest BCUT2D eigenvalue weighted by Crippen LogP contribution is -2.32. The zero-order chi connectivity index (χ0) is 16.8. The maximum absolute atomic E-state index is 11.8. The quantitative estimate of drug-likeness (QED) is 0.516. The second-order valence-electron chi connectivity index (χ2n) is 5.00. The van der Waals surface area contributed by atoms with E-state index in [1.807, 2.05) is 19.9 Å². The Morgan fingerprint density at radius 3 is 2.35 bits per heavy atom. The third-order valence-corrected chi connectivity index (χ3v) is 3.47. The molecule has 118 valence electrons. The Bertz CT molecular complexity index is 755. The number of nitrogens with one attached hydrogen (secondary N) is 2. The van der Waals surface area contributed by atoms with Gasteiger partial charge in [0.2, 0.25) is 0 Å². The Balaban J connectivity index is 1.90. The van der Waals surface area contributed by atoms with Crippen molar-refractivity contribution in [3.8, 4) is 0 Å².